The maximum atomic E-state index is 5.41. The fraction of sp³-hybridized carbons (Fsp3) is 1.00. The molecule has 3 heteroatoms. The fourth-order valence-electron chi connectivity index (χ4n) is 2.86. The molecular formula is C14H30N2O. The van der Waals surface area contributed by atoms with Gasteiger partial charge in [-0.1, -0.05) is 27.2 Å². The molecule has 1 aliphatic rings. The van der Waals surface area contributed by atoms with Gasteiger partial charge >= 0.3 is 0 Å². The Balaban J connectivity index is 2.64. The molecule has 0 aromatic rings. The Labute approximate surface area is 107 Å². The van der Waals surface area contributed by atoms with E-state index in [0.29, 0.717) is 18.1 Å². The molecule has 1 rings (SSSR count). The van der Waals surface area contributed by atoms with E-state index in [9.17, 15) is 0 Å². The number of hydrogen-bond acceptors (Lipinski definition) is 3. The summed E-state index contributed by atoms with van der Waals surface area (Å²) in [4.78, 5) is 2.69. The highest BCUT2D eigenvalue weighted by atomic mass is 16.5. The molecule has 0 saturated carbocycles. The molecule has 3 nitrogen and oxygen atoms in total. The van der Waals surface area contributed by atoms with Crippen molar-refractivity contribution in [1.82, 2.24) is 10.2 Å². The third kappa shape index (κ3) is 4.23. The predicted octanol–water partition coefficient (Wildman–Crippen LogP) is 2.26. The summed E-state index contributed by atoms with van der Waals surface area (Å²) in [5.41, 5.74) is 0. The Hall–Kier alpha value is -0.120. The lowest BCUT2D eigenvalue weighted by atomic mass is 10.0. The summed E-state index contributed by atoms with van der Waals surface area (Å²) in [6, 6.07) is 1.95. The molecule has 17 heavy (non-hydrogen) atoms. The Kier molecular flexibility index (Phi) is 7.09. The van der Waals surface area contributed by atoms with E-state index >= 15 is 0 Å². The van der Waals surface area contributed by atoms with Crippen LogP contribution in [0.2, 0.25) is 0 Å². The molecule has 0 aromatic carbocycles. The summed E-state index contributed by atoms with van der Waals surface area (Å²) >= 11 is 0. The summed E-state index contributed by atoms with van der Waals surface area (Å²) in [5, 5.41) is 3.66. The number of methoxy groups -OCH3 is 1. The molecular weight excluding hydrogens is 212 g/mol. The van der Waals surface area contributed by atoms with E-state index in [1.54, 1.807) is 0 Å². The van der Waals surface area contributed by atoms with Gasteiger partial charge in [-0.3, -0.25) is 4.90 Å². The topological polar surface area (TPSA) is 24.5 Å². The van der Waals surface area contributed by atoms with Gasteiger partial charge in [0.1, 0.15) is 0 Å². The first kappa shape index (κ1) is 14.9. The Morgan fingerprint density at radius 3 is 2.59 bits per heavy atom. The van der Waals surface area contributed by atoms with Crippen molar-refractivity contribution in [1.29, 1.82) is 0 Å². The van der Waals surface area contributed by atoms with Crippen molar-refractivity contribution in [3.05, 3.63) is 0 Å². The van der Waals surface area contributed by atoms with Gasteiger partial charge in [0.25, 0.3) is 0 Å². The van der Waals surface area contributed by atoms with E-state index < -0.39 is 0 Å². The van der Waals surface area contributed by atoms with E-state index in [-0.39, 0.29) is 0 Å². The minimum atomic E-state index is 0.603. The summed E-state index contributed by atoms with van der Waals surface area (Å²) in [6.07, 6.45) is 4.94. The molecule has 1 heterocycles. The van der Waals surface area contributed by atoms with Crippen LogP contribution in [0, 0.1) is 0 Å². The molecule has 102 valence electrons. The number of rotatable bonds is 7. The van der Waals surface area contributed by atoms with Gasteiger partial charge in [-0.05, 0) is 19.3 Å². The van der Waals surface area contributed by atoms with E-state index in [0.717, 1.165) is 13.2 Å². The fourth-order valence-corrected chi connectivity index (χ4v) is 2.86. The molecule has 0 amide bonds. The van der Waals surface area contributed by atoms with Crippen LogP contribution in [0.4, 0.5) is 0 Å². The zero-order valence-electron chi connectivity index (χ0n) is 12.0. The molecule has 0 aromatic heterocycles. The lowest BCUT2D eigenvalue weighted by Crippen LogP contribution is -2.59. The van der Waals surface area contributed by atoms with Gasteiger partial charge in [0.05, 0.1) is 6.61 Å². The lowest BCUT2D eigenvalue weighted by molar-refractivity contribution is 0.0270. The minimum Gasteiger partial charge on any atom is -0.383 e. The second kappa shape index (κ2) is 8.06. The average Bonchev–Trinajstić information content (AvgIpc) is 2.37. The third-order valence-corrected chi connectivity index (χ3v) is 3.96. The van der Waals surface area contributed by atoms with Gasteiger partial charge < -0.3 is 10.1 Å². The maximum absolute atomic E-state index is 5.41. The summed E-state index contributed by atoms with van der Waals surface area (Å²) in [5.74, 6) is 0. The Morgan fingerprint density at radius 1 is 1.29 bits per heavy atom. The highest BCUT2D eigenvalue weighted by molar-refractivity contribution is 4.88. The number of nitrogens with one attached hydrogen (secondary N) is 1. The monoisotopic (exact) mass is 242 g/mol. The van der Waals surface area contributed by atoms with E-state index in [2.05, 4.69) is 31.0 Å². The van der Waals surface area contributed by atoms with Gasteiger partial charge in [-0.25, -0.2) is 0 Å². The van der Waals surface area contributed by atoms with Crippen LogP contribution in [0.1, 0.15) is 46.5 Å². The second-order valence-electron chi connectivity index (χ2n) is 5.17. The predicted molar refractivity (Wildman–Crippen MR) is 73.4 cm³/mol. The molecule has 3 unspecified atom stereocenters. The van der Waals surface area contributed by atoms with Crippen molar-refractivity contribution in [2.24, 2.45) is 0 Å². The largest absolute Gasteiger partial charge is 0.383 e. The van der Waals surface area contributed by atoms with Crippen LogP contribution in [-0.4, -0.2) is 49.8 Å². The maximum Gasteiger partial charge on any atom is 0.0618 e. The van der Waals surface area contributed by atoms with E-state index in [1.165, 1.54) is 32.2 Å². The number of nitrogens with zero attached hydrogens (tertiary/aromatic N) is 1. The van der Waals surface area contributed by atoms with E-state index in [1.807, 2.05) is 7.11 Å². The molecule has 3 atom stereocenters. The smallest absolute Gasteiger partial charge is 0.0618 e. The molecule has 0 spiro atoms. The molecule has 0 aliphatic carbocycles. The van der Waals surface area contributed by atoms with Crippen LogP contribution in [0.3, 0.4) is 0 Å². The zero-order chi connectivity index (χ0) is 12.7. The molecule has 1 N–H and O–H groups in total. The van der Waals surface area contributed by atoms with Crippen LogP contribution < -0.4 is 5.32 Å². The van der Waals surface area contributed by atoms with Gasteiger partial charge in [0.2, 0.25) is 0 Å². The first-order valence-electron chi connectivity index (χ1n) is 7.24. The van der Waals surface area contributed by atoms with Gasteiger partial charge in [-0.2, -0.15) is 0 Å². The quantitative estimate of drug-likeness (QED) is 0.741. The minimum absolute atomic E-state index is 0.603. The lowest BCUT2D eigenvalue weighted by Gasteiger charge is -2.44. The number of hydrogen-bond donors (Lipinski definition) is 1. The van der Waals surface area contributed by atoms with Gasteiger partial charge in [0.15, 0.2) is 0 Å². The summed E-state index contributed by atoms with van der Waals surface area (Å²) in [7, 11) is 1.82. The van der Waals surface area contributed by atoms with Crippen LogP contribution in [0.5, 0.6) is 0 Å². The molecule has 1 fully saturated rings. The zero-order valence-corrected chi connectivity index (χ0v) is 12.0. The molecule has 1 aliphatic heterocycles. The highest BCUT2D eigenvalue weighted by Crippen LogP contribution is 2.18. The van der Waals surface area contributed by atoms with E-state index in [4.69, 9.17) is 4.74 Å². The van der Waals surface area contributed by atoms with Crippen LogP contribution >= 0.6 is 0 Å². The van der Waals surface area contributed by atoms with Gasteiger partial charge in [-0.15, -0.1) is 0 Å². The Morgan fingerprint density at radius 2 is 2.06 bits per heavy atom. The van der Waals surface area contributed by atoms with Crippen molar-refractivity contribution < 1.29 is 4.74 Å². The Bertz CT molecular complexity index is 193. The van der Waals surface area contributed by atoms with Gasteiger partial charge in [0, 0.05) is 38.3 Å². The van der Waals surface area contributed by atoms with Crippen LogP contribution in [-0.2, 0) is 4.74 Å². The number of piperazine rings is 1. The summed E-state index contributed by atoms with van der Waals surface area (Å²) in [6.45, 7) is 10.0. The van der Waals surface area contributed by atoms with Crippen LogP contribution in [0.25, 0.3) is 0 Å². The van der Waals surface area contributed by atoms with Crippen molar-refractivity contribution in [3.63, 3.8) is 0 Å². The molecule has 0 bridgehead atoms. The van der Waals surface area contributed by atoms with Crippen molar-refractivity contribution >= 4 is 0 Å². The third-order valence-electron chi connectivity index (χ3n) is 3.96. The number of ether oxygens (including phenoxy) is 1. The van der Waals surface area contributed by atoms with Crippen molar-refractivity contribution in [2.45, 2.75) is 64.6 Å². The van der Waals surface area contributed by atoms with Crippen molar-refractivity contribution in [3.8, 4) is 0 Å². The molecule has 0 radical (unpaired) electrons. The standard InChI is InChI=1S/C14H30N2O/c1-5-8-14(11-17-4)16-10-12(6-2)15-9-13(16)7-3/h12-15H,5-11H2,1-4H3. The average molecular weight is 242 g/mol. The first-order valence-corrected chi connectivity index (χ1v) is 7.24. The van der Waals surface area contributed by atoms with Crippen molar-refractivity contribution in [2.75, 3.05) is 26.8 Å². The first-order chi connectivity index (χ1) is 8.26. The second-order valence-corrected chi connectivity index (χ2v) is 5.17. The van der Waals surface area contributed by atoms with Crippen LogP contribution in [0.15, 0.2) is 0 Å². The summed E-state index contributed by atoms with van der Waals surface area (Å²) < 4.78 is 5.41. The highest BCUT2D eigenvalue weighted by Gasteiger charge is 2.30. The molecule has 1 saturated heterocycles. The SMILES string of the molecule is CCCC(COC)N1CC(CC)NCC1CC. The normalized spacial score (nSPS) is 28.2.